The minimum Gasteiger partial charge on any atom is -0.346 e. The van der Waals surface area contributed by atoms with Gasteiger partial charge in [0.15, 0.2) is 0 Å². The SMILES string of the molecule is O=C(NCc1ccccn1)c1cccc(S(=O)(=O)NCc2ccc(F)cc2)c1. The molecular formula is C20H18FN3O3S. The highest BCUT2D eigenvalue weighted by Crippen LogP contribution is 2.13. The van der Waals surface area contributed by atoms with Crippen molar-refractivity contribution >= 4 is 15.9 Å². The van der Waals surface area contributed by atoms with Crippen molar-refractivity contribution in [1.29, 1.82) is 0 Å². The molecule has 8 heteroatoms. The van der Waals surface area contributed by atoms with E-state index in [0.29, 0.717) is 11.3 Å². The topological polar surface area (TPSA) is 88.2 Å². The second kappa shape index (κ2) is 8.73. The van der Waals surface area contributed by atoms with Crippen LogP contribution in [0.4, 0.5) is 4.39 Å². The number of sulfonamides is 1. The predicted octanol–water partition coefficient (Wildman–Crippen LogP) is 2.63. The van der Waals surface area contributed by atoms with Gasteiger partial charge >= 0.3 is 0 Å². The number of nitrogens with zero attached hydrogens (tertiary/aromatic N) is 1. The van der Waals surface area contributed by atoms with Crippen molar-refractivity contribution in [2.24, 2.45) is 0 Å². The maximum atomic E-state index is 12.9. The number of carbonyl (C=O) groups is 1. The first kappa shape index (κ1) is 19.7. The van der Waals surface area contributed by atoms with Crippen molar-refractivity contribution in [3.63, 3.8) is 0 Å². The van der Waals surface area contributed by atoms with Gasteiger partial charge in [-0.3, -0.25) is 9.78 Å². The lowest BCUT2D eigenvalue weighted by atomic mass is 10.2. The molecule has 1 amide bonds. The molecule has 144 valence electrons. The molecule has 28 heavy (non-hydrogen) atoms. The van der Waals surface area contributed by atoms with E-state index in [1.54, 1.807) is 18.3 Å². The van der Waals surface area contributed by atoms with Crippen molar-refractivity contribution in [2.45, 2.75) is 18.0 Å². The molecule has 3 aromatic rings. The zero-order valence-electron chi connectivity index (χ0n) is 14.8. The Morgan fingerprint density at radius 2 is 1.75 bits per heavy atom. The molecule has 0 atom stereocenters. The summed E-state index contributed by atoms with van der Waals surface area (Å²) in [6, 6.07) is 16.6. The maximum Gasteiger partial charge on any atom is 0.251 e. The molecule has 0 saturated carbocycles. The average Bonchev–Trinajstić information content (AvgIpc) is 2.72. The molecule has 3 rings (SSSR count). The van der Waals surface area contributed by atoms with Gasteiger partial charge in [-0.05, 0) is 48.0 Å². The van der Waals surface area contributed by atoms with Crippen LogP contribution in [-0.4, -0.2) is 19.3 Å². The third kappa shape index (κ3) is 5.21. The minimum absolute atomic E-state index is 0.0126. The number of benzene rings is 2. The zero-order chi connectivity index (χ0) is 20.0. The van der Waals surface area contributed by atoms with Crippen LogP contribution in [0.3, 0.4) is 0 Å². The van der Waals surface area contributed by atoms with Gasteiger partial charge in [0.25, 0.3) is 5.91 Å². The summed E-state index contributed by atoms with van der Waals surface area (Å²) in [6.07, 6.45) is 1.63. The van der Waals surface area contributed by atoms with Gasteiger partial charge in [0, 0.05) is 18.3 Å². The van der Waals surface area contributed by atoms with Crippen LogP contribution in [0.1, 0.15) is 21.6 Å². The normalized spacial score (nSPS) is 11.2. The summed E-state index contributed by atoms with van der Waals surface area (Å²) in [5.74, 6) is -0.794. The second-order valence-corrected chi connectivity index (χ2v) is 7.75. The number of hydrogen-bond donors (Lipinski definition) is 2. The molecule has 1 aromatic heterocycles. The first-order valence-corrected chi connectivity index (χ1v) is 9.95. The second-order valence-electron chi connectivity index (χ2n) is 5.98. The molecule has 2 N–H and O–H groups in total. The molecule has 0 radical (unpaired) electrons. The van der Waals surface area contributed by atoms with Crippen molar-refractivity contribution in [3.05, 3.63) is 95.6 Å². The van der Waals surface area contributed by atoms with Crippen molar-refractivity contribution in [3.8, 4) is 0 Å². The van der Waals surface area contributed by atoms with E-state index in [1.165, 1.54) is 48.5 Å². The smallest absolute Gasteiger partial charge is 0.251 e. The highest BCUT2D eigenvalue weighted by molar-refractivity contribution is 7.89. The third-order valence-corrected chi connectivity index (χ3v) is 5.34. The highest BCUT2D eigenvalue weighted by Gasteiger charge is 2.16. The summed E-state index contributed by atoms with van der Waals surface area (Å²) in [4.78, 5) is 16.4. The fourth-order valence-corrected chi connectivity index (χ4v) is 3.51. The van der Waals surface area contributed by atoms with Crippen LogP contribution >= 0.6 is 0 Å². The standard InChI is InChI=1S/C20H18FN3O3S/c21-17-9-7-15(8-10-17)13-24-28(26,27)19-6-3-4-16(12-19)20(25)23-14-18-5-1-2-11-22-18/h1-12,24H,13-14H2,(H,23,25). The molecule has 0 aliphatic heterocycles. The van der Waals surface area contributed by atoms with E-state index in [-0.39, 0.29) is 23.5 Å². The number of hydrogen-bond acceptors (Lipinski definition) is 4. The molecule has 0 unspecified atom stereocenters. The van der Waals surface area contributed by atoms with E-state index >= 15 is 0 Å². The maximum absolute atomic E-state index is 12.9. The van der Waals surface area contributed by atoms with Crippen molar-refractivity contribution in [2.75, 3.05) is 0 Å². The van der Waals surface area contributed by atoms with Gasteiger partial charge in [0.05, 0.1) is 17.1 Å². The molecule has 0 aliphatic rings. The zero-order valence-corrected chi connectivity index (χ0v) is 15.6. The Morgan fingerprint density at radius 1 is 0.964 bits per heavy atom. The Labute approximate surface area is 162 Å². The summed E-state index contributed by atoms with van der Waals surface area (Å²) < 4.78 is 40.4. The number of amides is 1. The Hall–Kier alpha value is -3.10. The van der Waals surface area contributed by atoms with E-state index < -0.39 is 21.7 Å². The van der Waals surface area contributed by atoms with E-state index in [2.05, 4.69) is 15.0 Å². The number of rotatable bonds is 7. The number of aromatic nitrogens is 1. The predicted molar refractivity (Wildman–Crippen MR) is 102 cm³/mol. The van der Waals surface area contributed by atoms with E-state index in [1.807, 2.05) is 6.07 Å². The molecule has 0 saturated heterocycles. The van der Waals surface area contributed by atoms with Crippen LogP contribution in [0.2, 0.25) is 0 Å². The van der Waals surface area contributed by atoms with Crippen LogP contribution < -0.4 is 10.0 Å². The molecule has 0 bridgehead atoms. The van der Waals surface area contributed by atoms with E-state index in [9.17, 15) is 17.6 Å². The fourth-order valence-electron chi connectivity index (χ4n) is 2.44. The van der Waals surface area contributed by atoms with Crippen molar-refractivity contribution < 1.29 is 17.6 Å². The van der Waals surface area contributed by atoms with Crippen LogP contribution in [-0.2, 0) is 23.1 Å². The van der Waals surface area contributed by atoms with Gasteiger partial charge < -0.3 is 5.32 Å². The van der Waals surface area contributed by atoms with Gasteiger partial charge in [0.2, 0.25) is 10.0 Å². The molecule has 0 fully saturated rings. The lowest BCUT2D eigenvalue weighted by molar-refractivity contribution is 0.0950. The van der Waals surface area contributed by atoms with E-state index in [4.69, 9.17) is 0 Å². The molecule has 6 nitrogen and oxygen atoms in total. The van der Waals surface area contributed by atoms with Crippen LogP contribution in [0, 0.1) is 5.82 Å². The average molecular weight is 399 g/mol. The molecular weight excluding hydrogens is 381 g/mol. The molecule has 0 aliphatic carbocycles. The van der Waals surface area contributed by atoms with Gasteiger partial charge in [0.1, 0.15) is 5.82 Å². The van der Waals surface area contributed by atoms with E-state index in [0.717, 1.165) is 0 Å². The highest BCUT2D eigenvalue weighted by atomic mass is 32.2. The Balaban J connectivity index is 1.67. The van der Waals surface area contributed by atoms with Gasteiger partial charge in [-0.25, -0.2) is 17.5 Å². The monoisotopic (exact) mass is 399 g/mol. The lowest BCUT2D eigenvalue weighted by Gasteiger charge is -2.09. The summed E-state index contributed by atoms with van der Waals surface area (Å²) in [7, 11) is -3.83. The lowest BCUT2D eigenvalue weighted by Crippen LogP contribution is -2.25. The number of halogens is 1. The van der Waals surface area contributed by atoms with Gasteiger partial charge in [-0.1, -0.05) is 24.3 Å². The molecule has 1 heterocycles. The molecule has 0 spiro atoms. The molecule has 2 aromatic carbocycles. The Bertz CT molecular complexity index is 1060. The number of pyridine rings is 1. The third-order valence-electron chi connectivity index (χ3n) is 3.94. The first-order chi connectivity index (χ1) is 13.4. The van der Waals surface area contributed by atoms with Crippen molar-refractivity contribution in [1.82, 2.24) is 15.0 Å². The summed E-state index contributed by atoms with van der Waals surface area (Å²) in [5, 5.41) is 2.70. The minimum atomic E-state index is -3.83. The Morgan fingerprint density at radius 3 is 2.46 bits per heavy atom. The fraction of sp³-hybridized carbons (Fsp3) is 0.100. The number of carbonyl (C=O) groups excluding carboxylic acids is 1. The summed E-state index contributed by atoms with van der Waals surface area (Å²) >= 11 is 0. The van der Waals surface area contributed by atoms with Crippen LogP contribution in [0.25, 0.3) is 0 Å². The Kier molecular flexibility index (Phi) is 6.13. The quantitative estimate of drug-likeness (QED) is 0.639. The first-order valence-electron chi connectivity index (χ1n) is 8.46. The number of nitrogens with one attached hydrogen (secondary N) is 2. The summed E-state index contributed by atoms with van der Waals surface area (Å²) in [5.41, 5.74) is 1.54. The largest absolute Gasteiger partial charge is 0.346 e. The summed E-state index contributed by atoms with van der Waals surface area (Å²) in [6.45, 7) is 0.248. The van der Waals surface area contributed by atoms with Gasteiger partial charge in [-0.15, -0.1) is 0 Å². The van der Waals surface area contributed by atoms with Crippen LogP contribution in [0.15, 0.2) is 77.8 Å². The van der Waals surface area contributed by atoms with Gasteiger partial charge in [-0.2, -0.15) is 0 Å². The van der Waals surface area contributed by atoms with Crippen LogP contribution in [0.5, 0.6) is 0 Å².